The van der Waals surface area contributed by atoms with E-state index in [9.17, 15) is 4.39 Å². The maximum atomic E-state index is 14.1. The highest BCUT2D eigenvalue weighted by Gasteiger charge is 2.27. The summed E-state index contributed by atoms with van der Waals surface area (Å²) in [6.07, 6.45) is 1.91. The third-order valence-corrected chi connectivity index (χ3v) is 2.73. The number of rotatable bonds is 3. The van der Waals surface area contributed by atoms with Crippen molar-refractivity contribution in [1.82, 2.24) is 9.78 Å². The van der Waals surface area contributed by atoms with E-state index in [1.54, 1.807) is 18.5 Å². The fraction of sp³-hybridized carbons (Fsp3) is 0.357. The van der Waals surface area contributed by atoms with Crippen LogP contribution in [0.25, 0.3) is 11.1 Å². The Labute approximate surface area is 101 Å². The minimum Gasteiger partial charge on any atom is -0.272 e. The first-order chi connectivity index (χ1) is 8.02. The molecule has 0 aliphatic rings. The fourth-order valence-corrected chi connectivity index (χ4v) is 1.85. The van der Waals surface area contributed by atoms with Crippen LogP contribution >= 0.6 is 0 Å². The van der Waals surface area contributed by atoms with Gasteiger partial charge in [-0.05, 0) is 26.3 Å². The highest BCUT2D eigenvalue weighted by molar-refractivity contribution is 5.66. The van der Waals surface area contributed by atoms with Crippen LogP contribution in [0.1, 0.15) is 26.5 Å². The van der Waals surface area contributed by atoms with Crippen molar-refractivity contribution in [3.05, 3.63) is 42.2 Å². The summed E-state index contributed by atoms with van der Waals surface area (Å²) >= 11 is 0. The Morgan fingerprint density at radius 3 is 2.41 bits per heavy atom. The summed E-state index contributed by atoms with van der Waals surface area (Å²) in [5, 5.41) is 4.32. The first-order valence-electron chi connectivity index (χ1n) is 5.84. The lowest BCUT2D eigenvalue weighted by atomic mass is 9.98. The Hall–Kier alpha value is -1.64. The van der Waals surface area contributed by atoms with E-state index in [-0.39, 0.29) is 0 Å². The first-order valence-corrected chi connectivity index (χ1v) is 5.84. The van der Waals surface area contributed by atoms with E-state index in [1.165, 1.54) is 0 Å². The molecule has 1 heterocycles. The van der Waals surface area contributed by atoms with Crippen molar-refractivity contribution in [1.29, 1.82) is 0 Å². The molecule has 0 unspecified atom stereocenters. The molecule has 0 aliphatic heterocycles. The molecule has 2 aromatic rings. The highest BCUT2D eigenvalue weighted by Crippen LogP contribution is 2.32. The molecule has 1 aromatic carbocycles. The van der Waals surface area contributed by atoms with Gasteiger partial charge >= 0.3 is 0 Å². The van der Waals surface area contributed by atoms with Gasteiger partial charge in [-0.25, -0.2) is 4.39 Å². The van der Waals surface area contributed by atoms with Gasteiger partial charge < -0.3 is 0 Å². The van der Waals surface area contributed by atoms with Crippen LogP contribution in [0.2, 0.25) is 0 Å². The lowest BCUT2D eigenvalue weighted by Crippen LogP contribution is -2.12. The normalized spacial score (nSPS) is 11.8. The fourth-order valence-electron chi connectivity index (χ4n) is 1.85. The smallest absolute Gasteiger partial charge is 0.149 e. The van der Waals surface area contributed by atoms with Crippen LogP contribution in [0.3, 0.4) is 0 Å². The van der Waals surface area contributed by atoms with Gasteiger partial charge in [0.25, 0.3) is 0 Å². The number of aryl methyl sites for hydroxylation is 1. The number of nitrogens with zero attached hydrogens (tertiary/aromatic N) is 2. The maximum absolute atomic E-state index is 14.1. The number of aromatic nitrogens is 2. The maximum Gasteiger partial charge on any atom is 0.149 e. The predicted octanol–water partition coefficient (Wildman–Crippen LogP) is 3.77. The van der Waals surface area contributed by atoms with Crippen LogP contribution < -0.4 is 0 Å². The third kappa shape index (κ3) is 2.38. The van der Waals surface area contributed by atoms with Crippen molar-refractivity contribution in [2.75, 3.05) is 0 Å². The Morgan fingerprint density at radius 2 is 1.88 bits per heavy atom. The number of hydrogen-bond acceptors (Lipinski definition) is 1. The second-order valence-corrected chi connectivity index (χ2v) is 4.59. The molecule has 0 aliphatic carbocycles. The SMILES string of the molecule is CCn1cc(-c2ccccc2)c(C(C)(C)F)n1. The summed E-state index contributed by atoms with van der Waals surface area (Å²) in [4.78, 5) is 0. The van der Waals surface area contributed by atoms with E-state index in [4.69, 9.17) is 0 Å². The van der Waals surface area contributed by atoms with Crippen LogP contribution in [-0.4, -0.2) is 9.78 Å². The second-order valence-electron chi connectivity index (χ2n) is 4.59. The molecule has 0 saturated carbocycles. The van der Waals surface area contributed by atoms with Crippen LogP contribution in [-0.2, 0) is 12.2 Å². The molecular weight excluding hydrogens is 215 g/mol. The molecule has 0 N–H and O–H groups in total. The standard InChI is InChI=1S/C14H17FN2/c1-4-17-10-12(11-8-6-5-7-9-11)13(16-17)14(2,3)15/h5-10H,4H2,1-3H3. The molecular formula is C14H17FN2. The highest BCUT2D eigenvalue weighted by atomic mass is 19.1. The Kier molecular flexibility index (Phi) is 3.01. The molecule has 2 nitrogen and oxygen atoms in total. The van der Waals surface area contributed by atoms with Gasteiger partial charge in [0.1, 0.15) is 11.4 Å². The van der Waals surface area contributed by atoms with E-state index in [1.807, 2.05) is 43.5 Å². The van der Waals surface area contributed by atoms with Crippen LogP contribution in [0.15, 0.2) is 36.5 Å². The molecule has 0 saturated heterocycles. The Morgan fingerprint density at radius 1 is 1.24 bits per heavy atom. The van der Waals surface area contributed by atoms with Gasteiger partial charge in [-0.2, -0.15) is 5.10 Å². The van der Waals surface area contributed by atoms with Crippen LogP contribution in [0.5, 0.6) is 0 Å². The van der Waals surface area contributed by atoms with Gasteiger partial charge in [-0.1, -0.05) is 30.3 Å². The minimum absolute atomic E-state index is 0.505. The van der Waals surface area contributed by atoms with Crippen LogP contribution in [0, 0.1) is 0 Å². The predicted molar refractivity (Wildman–Crippen MR) is 67.5 cm³/mol. The van der Waals surface area contributed by atoms with Crippen molar-refractivity contribution in [2.24, 2.45) is 0 Å². The van der Waals surface area contributed by atoms with Gasteiger partial charge in [0, 0.05) is 18.3 Å². The summed E-state index contributed by atoms with van der Waals surface area (Å²) < 4.78 is 15.9. The molecule has 0 amide bonds. The molecule has 3 heteroatoms. The van der Waals surface area contributed by atoms with Gasteiger partial charge in [0.2, 0.25) is 0 Å². The molecule has 0 radical (unpaired) electrons. The molecule has 1 aromatic heterocycles. The molecule has 90 valence electrons. The Balaban J connectivity index is 2.57. The third-order valence-electron chi connectivity index (χ3n) is 2.73. The molecule has 0 bridgehead atoms. The number of alkyl halides is 1. The zero-order valence-electron chi connectivity index (χ0n) is 10.4. The van der Waals surface area contributed by atoms with E-state index in [0.29, 0.717) is 5.69 Å². The largest absolute Gasteiger partial charge is 0.272 e. The van der Waals surface area contributed by atoms with Crippen molar-refractivity contribution in [3.8, 4) is 11.1 Å². The van der Waals surface area contributed by atoms with Gasteiger partial charge in [0.05, 0.1) is 0 Å². The quantitative estimate of drug-likeness (QED) is 0.787. The lowest BCUT2D eigenvalue weighted by molar-refractivity contribution is 0.213. The topological polar surface area (TPSA) is 17.8 Å². The number of halogens is 1. The van der Waals surface area contributed by atoms with Crippen molar-refractivity contribution in [2.45, 2.75) is 33.0 Å². The van der Waals surface area contributed by atoms with Gasteiger partial charge in [0.15, 0.2) is 0 Å². The second kappa shape index (κ2) is 4.32. The monoisotopic (exact) mass is 232 g/mol. The average Bonchev–Trinajstić information content (AvgIpc) is 2.74. The van der Waals surface area contributed by atoms with Gasteiger partial charge in [-0.15, -0.1) is 0 Å². The molecule has 2 rings (SSSR count). The van der Waals surface area contributed by atoms with Crippen molar-refractivity contribution >= 4 is 0 Å². The van der Waals surface area contributed by atoms with Crippen LogP contribution in [0.4, 0.5) is 4.39 Å². The minimum atomic E-state index is -1.43. The summed E-state index contributed by atoms with van der Waals surface area (Å²) in [6.45, 7) is 5.83. The average molecular weight is 232 g/mol. The van der Waals surface area contributed by atoms with Crippen molar-refractivity contribution in [3.63, 3.8) is 0 Å². The summed E-state index contributed by atoms with van der Waals surface area (Å²) in [7, 11) is 0. The molecule has 17 heavy (non-hydrogen) atoms. The molecule has 0 spiro atoms. The first kappa shape index (κ1) is 11.8. The summed E-state index contributed by atoms with van der Waals surface area (Å²) in [5.41, 5.74) is 0.962. The van der Waals surface area contributed by atoms with E-state index in [0.717, 1.165) is 17.7 Å². The van der Waals surface area contributed by atoms with Crippen molar-refractivity contribution < 1.29 is 4.39 Å². The zero-order chi connectivity index (χ0) is 12.5. The zero-order valence-corrected chi connectivity index (χ0v) is 10.4. The number of hydrogen-bond donors (Lipinski definition) is 0. The Bertz CT molecular complexity index is 495. The molecule has 0 fully saturated rings. The lowest BCUT2D eigenvalue weighted by Gasteiger charge is -2.13. The van der Waals surface area contributed by atoms with E-state index in [2.05, 4.69) is 5.10 Å². The summed E-state index contributed by atoms with van der Waals surface area (Å²) in [6, 6.07) is 9.81. The number of benzene rings is 1. The van der Waals surface area contributed by atoms with Gasteiger partial charge in [-0.3, -0.25) is 4.68 Å². The summed E-state index contributed by atoms with van der Waals surface area (Å²) in [5.74, 6) is 0. The van der Waals surface area contributed by atoms with E-state index >= 15 is 0 Å². The van der Waals surface area contributed by atoms with E-state index < -0.39 is 5.67 Å². The molecule has 0 atom stereocenters.